The highest BCUT2D eigenvalue weighted by molar-refractivity contribution is 5.98. The molecule has 2 nitrogen and oxygen atoms in total. The first kappa shape index (κ1) is 14.6. The zero-order chi connectivity index (χ0) is 14.9. The van der Waals surface area contributed by atoms with Crippen molar-refractivity contribution in [3.8, 4) is 0 Å². The van der Waals surface area contributed by atoms with E-state index in [1.165, 1.54) is 31.7 Å². The predicted molar refractivity (Wildman–Crippen MR) is 77.3 cm³/mol. The summed E-state index contributed by atoms with van der Waals surface area (Å²) in [4.78, 5) is 14.2. The van der Waals surface area contributed by atoms with Crippen molar-refractivity contribution in [3.05, 3.63) is 35.4 Å². The second-order valence-electron chi connectivity index (χ2n) is 6.50. The maximum Gasteiger partial charge on any atom is 0.182 e. The molecule has 0 N–H and O–H groups in total. The third-order valence-corrected chi connectivity index (χ3v) is 5.19. The fourth-order valence-corrected chi connectivity index (χ4v) is 3.86. The number of ketones is 1. The Morgan fingerprint density at radius 1 is 1.05 bits per heavy atom. The number of benzene rings is 1. The van der Waals surface area contributed by atoms with Crippen molar-refractivity contribution in [2.24, 2.45) is 5.41 Å². The van der Waals surface area contributed by atoms with E-state index in [9.17, 15) is 13.6 Å². The van der Waals surface area contributed by atoms with E-state index in [1.807, 2.05) is 4.90 Å². The molecule has 1 saturated heterocycles. The van der Waals surface area contributed by atoms with Crippen molar-refractivity contribution < 1.29 is 13.6 Å². The van der Waals surface area contributed by atoms with Crippen molar-refractivity contribution >= 4 is 5.78 Å². The summed E-state index contributed by atoms with van der Waals surface area (Å²) in [7, 11) is 0. The van der Waals surface area contributed by atoms with Crippen LogP contribution in [0.1, 0.15) is 48.9 Å². The molecule has 0 bridgehead atoms. The summed E-state index contributed by atoms with van der Waals surface area (Å²) < 4.78 is 27.2. The molecular formula is C17H21F2NO. The summed E-state index contributed by atoms with van der Waals surface area (Å²) in [5, 5.41) is 0. The average Bonchev–Trinajstić information content (AvgIpc) is 2.90. The largest absolute Gasteiger partial charge is 0.296 e. The first-order valence-electron chi connectivity index (χ1n) is 7.79. The SMILES string of the molecule is O=C(CN1CCC2(CCCC2)CC1)c1c(F)cccc1F. The van der Waals surface area contributed by atoms with E-state index < -0.39 is 23.0 Å². The molecule has 0 unspecified atom stereocenters. The lowest BCUT2D eigenvalue weighted by Crippen LogP contribution is -2.41. The van der Waals surface area contributed by atoms with Crippen LogP contribution in [0.3, 0.4) is 0 Å². The van der Waals surface area contributed by atoms with Gasteiger partial charge >= 0.3 is 0 Å². The highest BCUT2D eigenvalue weighted by atomic mass is 19.1. The minimum Gasteiger partial charge on any atom is -0.296 e. The van der Waals surface area contributed by atoms with Gasteiger partial charge in [0.15, 0.2) is 5.78 Å². The Kier molecular flexibility index (Phi) is 4.07. The molecule has 1 aliphatic heterocycles. The van der Waals surface area contributed by atoms with Crippen LogP contribution in [0, 0.1) is 17.0 Å². The summed E-state index contributed by atoms with van der Waals surface area (Å²) in [6.45, 7) is 1.84. The Labute approximate surface area is 124 Å². The summed E-state index contributed by atoms with van der Waals surface area (Å²) in [6.07, 6.45) is 7.46. The Balaban J connectivity index is 1.61. The molecule has 1 heterocycles. The van der Waals surface area contributed by atoms with Gasteiger partial charge in [0, 0.05) is 0 Å². The molecule has 114 valence electrons. The van der Waals surface area contributed by atoms with Gasteiger partial charge in [-0.2, -0.15) is 0 Å². The van der Waals surface area contributed by atoms with Crippen LogP contribution in [0.2, 0.25) is 0 Å². The van der Waals surface area contributed by atoms with Gasteiger partial charge in [0.05, 0.1) is 12.1 Å². The minimum atomic E-state index is -0.760. The van der Waals surface area contributed by atoms with Crippen LogP contribution in [0.4, 0.5) is 8.78 Å². The van der Waals surface area contributed by atoms with Gasteiger partial charge in [-0.25, -0.2) is 8.78 Å². The molecule has 0 amide bonds. The van der Waals surface area contributed by atoms with Crippen molar-refractivity contribution in [2.75, 3.05) is 19.6 Å². The van der Waals surface area contributed by atoms with Gasteiger partial charge < -0.3 is 0 Å². The Hall–Kier alpha value is -1.29. The summed E-state index contributed by atoms with van der Waals surface area (Å²) in [6, 6.07) is 3.56. The molecule has 0 aromatic heterocycles. The lowest BCUT2D eigenvalue weighted by molar-refractivity contribution is 0.0790. The standard InChI is InChI=1S/C17H21F2NO/c18-13-4-3-5-14(19)16(13)15(21)12-20-10-8-17(9-11-20)6-1-2-7-17/h3-5H,1-2,6-12H2. The van der Waals surface area contributed by atoms with Crippen LogP contribution in [0.5, 0.6) is 0 Å². The maximum absolute atomic E-state index is 13.6. The average molecular weight is 293 g/mol. The summed E-state index contributed by atoms with van der Waals surface area (Å²) in [5.74, 6) is -1.97. The number of halogens is 2. The van der Waals surface area contributed by atoms with Crippen molar-refractivity contribution in [1.82, 2.24) is 4.90 Å². The molecule has 0 radical (unpaired) electrons. The quantitative estimate of drug-likeness (QED) is 0.790. The summed E-state index contributed by atoms with van der Waals surface area (Å²) in [5.41, 5.74) is 0.0987. The molecule has 1 saturated carbocycles. The van der Waals surface area contributed by atoms with E-state index in [-0.39, 0.29) is 6.54 Å². The highest BCUT2D eigenvalue weighted by Crippen LogP contribution is 2.46. The lowest BCUT2D eigenvalue weighted by Gasteiger charge is -2.39. The van der Waals surface area contributed by atoms with Gasteiger partial charge in [-0.15, -0.1) is 0 Å². The van der Waals surface area contributed by atoms with E-state index in [0.717, 1.165) is 38.1 Å². The number of piperidine rings is 1. The Morgan fingerprint density at radius 2 is 1.62 bits per heavy atom. The van der Waals surface area contributed by atoms with E-state index in [2.05, 4.69) is 0 Å². The van der Waals surface area contributed by atoms with Crippen LogP contribution < -0.4 is 0 Å². The van der Waals surface area contributed by atoms with E-state index >= 15 is 0 Å². The number of nitrogens with zero attached hydrogens (tertiary/aromatic N) is 1. The molecule has 1 aromatic carbocycles. The second-order valence-corrected chi connectivity index (χ2v) is 6.50. The summed E-state index contributed by atoms with van der Waals surface area (Å²) >= 11 is 0. The molecule has 2 fully saturated rings. The molecule has 21 heavy (non-hydrogen) atoms. The van der Waals surface area contributed by atoms with Gasteiger partial charge in [-0.3, -0.25) is 9.69 Å². The van der Waals surface area contributed by atoms with Crippen LogP contribution in [-0.2, 0) is 0 Å². The zero-order valence-electron chi connectivity index (χ0n) is 12.2. The first-order chi connectivity index (χ1) is 10.1. The lowest BCUT2D eigenvalue weighted by atomic mass is 9.77. The van der Waals surface area contributed by atoms with Crippen LogP contribution in [0.15, 0.2) is 18.2 Å². The fraction of sp³-hybridized carbons (Fsp3) is 0.588. The molecule has 0 atom stereocenters. The molecule has 1 spiro atoms. The number of likely N-dealkylation sites (tertiary alicyclic amines) is 1. The van der Waals surface area contributed by atoms with Crippen molar-refractivity contribution in [2.45, 2.75) is 38.5 Å². The minimum absolute atomic E-state index is 0.119. The molecular weight excluding hydrogens is 272 g/mol. The monoisotopic (exact) mass is 293 g/mol. The van der Waals surface area contributed by atoms with Gasteiger partial charge in [-0.05, 0) is 56.3 Å². The Morgan fingerprint density at radius 3 is 2.19 bits per heavy atom. The van der Waals surface area contributed by atoms with Gasteiger partial charge in [0.1, 0.15) is 11.6 Å². The highest BCUT2D eigenvalue weighted by Gasteiger charge is 2.37. The maximum atomic E-state index is 13.6. The van der Waals surface area contributed by atoms with Crippen LogP contribution in [0.25, 0.3) is 0 Å². The normalized spacial score (nSPS) is 21.8. The van der Waals surface area contributed by atoms with Gasteiger partial charge in [-0.1, -0.05) is 18.9 Å². The number of carbonyl (C=O) groups is 1. The van der Waals surface area contributed by atoms with Gasteiger partial charge in [0.2, 0.25) is 0 Å². The van der Waals surface area contributed by atoms with Crippen molar-refractivity contribution in [1.29, 1.82) is 0 Å². The van der Waals surface area contributed by atoms with E-state index in [1.54, 1.807) is 0 Å². The Bertz CT molecular complexity index is 507. The molecule has 1 aromatic rings. The van der Waals surface area contributed by atoms with E-state index in [0.29, 0.717) is 5.41 Å². The predicted octanol–water partition coefficient (Wildman–Crippen LogP) is 3.80. The number of hydrogen-bond acceptors (Lipinski definition) is 2. The van der Waals surface area contributed by atoms with Crippen molar-refractivity contribution in [3.63, 3.8) is 0 Å². The fourth-order valence-electron chi connectivity index (χ4n) is 3.86. The topological polar surface area (TPSA) is 20.3 Å². The first-order valence-corrected chi connectivity index (χ1v) is 7.79. The number of hydrogen-bond donors (Lipinski definition) is 0. The number of carbonyl (C=O) groups excluding carboxylic acids is 1. The smallest absolute Gasteiger partial charge is 0.182 e. The van der Waals surface area contributed by atoms with Gasteiger partial charge in [0.25, 0.3) is 0 Å². The van der Waals surface area contributed by atoms with E-state index in [4.69, 9.17) is 0 Å². The third-order valence-electron chi connectivity index (χ3n) is 5.19. The molecule has 2 aliphatic rings. The molecule has 3 rings (SSSR count). The second kappa shape index (κ2) is 5.84. The third kappa shape index (κ3) is 3.00. The molecule has 4 heteroatoms. The van der Waals surface area contributed by atoms with Crippen LogP contribution >= 0.6 is 0 Å². The molecule has 1 aliphatic carbocycles. The zero-order valence-corrected chi connectivity index (χ0v) is 12.2. The number of rotatable bonds is 3. The van der Waals surface area contributed by atoms with Crippen LogP contribution in [-0.4, -0.2) is 30.3 Å². The number of Topliss-reactive ketones (excluding diaryl/α,β-unsaturated/α-hetero) is 1.